The van der Waals surface area contributed by atoms with Gasteiger partial charge in [0, 0.05) is 5.56 Å². The quantitative estimate of drug-likeness (QED) is 0.788. The van der Waals surface area contributed by atoms with Gasteiger partial charge >= 0.3 is 0 Å². The lowest BCUT2D eigenvalue weighted by molar-refractivity contribution is 0.101. The predicted octanol–water partition coefficient (Wildman–Crippen LogP) is 3.35. The lowest BCUT2D eigenvalue weighted by Gasteiger charge is -2.12. The molecule has 0 aliphatic rings. The summed E-state index contributed by atoms with van der Waals surface area (Å²) in [5.74, 6) is 1.12. The average Bonchev–Trinajstić information content (AvgIpc) is 2.52. The fourth-order valence-corrected chi connectivity index (χ4v) is 2.00. The third kappa shape index (κ3) is 3.40. The molecule has 0 atom stereocenters. The number of carbonyl (C=O) groups is 1. The van der Waals surface area contributed by atoms with Gasteiger partial charge in [-0.3, -0.25) is 4.79 Å². The molecular weight excluding hydrogens is 266 g/mol. The molecule has 0 aliphatic heterocycles. The standard InChI is InChI=1S/C17H15NO3/c1-12(19)15-5-3-4-6-17(15)21-11-14-9-13(10-18)7-8-16(14)20-2/h3-9H,11H2,1-2H3. The number of ether oxygens (including phenoxy) is 2. The number of nitriles is 1. The lowest BCUT2D eigenvalue weighted by atomic mass is 10.1. The first-order chi connectivity index (χ1) is 10.2. The van der Waals surface area contributed by atoms with E-state index in [1.54, 1.807) is 43.5 Å². The van der Waals surface area contributed by atoms with Gasteiger partial charge < -0.3 is 9.47 Å². The number of ketones is 1. The van der Waals surface area contributed by atoms with Crippen LogP contribution in [0.5, 0.6) is 11.5 Å². The smallest absolute Gasteiger partial charge is 0.163 e. The summed E-state index contributed by atoms with van der Waals surface area (Å²) in [5.41, 5.74) is 1.83. The van der Waals surface area contributed by atoms with Crippen LogP contribution in [0.2, 0.25) is 0 Å². The zero-order chi connectivity index (χ0) is 15.2. The van der Waals surface area contributed by atoms with Crippen molar-refractivity contribution >= 4 is 5.78 Å². The zero-order valence-corrected chi connectivity index (χ0v) is 11.9. The molecule has 2 rings (SSSR count). The summed E-state index contributed by atoms with van der Waals surface area (Å²) in [5, 5.41) is 8.95. The Balaban J connectivity index is 2.24. The van der Waals surface area contributed by atoms with Crippen molar-refractivity contribution in [1.29, 1.82) is 5.26 Å². The zero-order valence-electron chi connectivity index (χ0n) is 11.9. The van der Waals surface area contributed by atoms with Gasteiger partial charge in [-0.2, -0.15) is 5.26 Å². The highest BCUT2D eigenvalue weighted by molar-refractivity contribution is 5.96. The van der Waals surface area contributed by atoms with Gasteiger partial charge in [-0.05, 0) is 37.3 Å². The van der Waals surface area contributed by atoms with E-state index in [1.807, 2.05) is 6.07 Å². The first-order valence-corrected chi connectivity index (χ1v) is 6.45. The second-order valence-corrected chi connectivity index (χ2v) is 4.48. The first-order valence-electron chi connectivity index (χ1n) is 6.45. The van der Waals surface area contributed by atoms with Gasteiger partial charge in [-0.15, -0.1) is 0 Å². The Morgan fingerprint density at radius 3 is 2.62 bits per heavy atom. The molecule has 0 radical (unpaired) electrons. The number of rotatable bonds is 5. The molecule has 0 bridgehead atoms. The van der Waals surface area contributed by atoms with Crippen molar-refractivity contribution in [2.24, 2.45) is 0 Å². The molecule has 0 spiro atoms. The van der Waals surface area contributed by atoms with Gasteiger partial charge in [0.25, 0.3) is 0 Å². The van der Waals surface area contributed by atoms with Crippen LogP contribution in [-0.2, 0) is 6.61 Å². The largest absolute Gasteiger partial charge is 0.496 e. The summed E-state index contributed by atoms with van der Waals surface area (Å²) in [6.45, 7) is 1.72. The minimum absolute atomic E-state index is 0.0525. The van der Waals surface area contributed by atoms with E-state index in [9.17, 15) is 4.79 Å². The predicted molar refractivity (Wildman–Crippen MR) is 78.5 cm³/mol. The molecule has 0 aliphatic carbocycles. The minimum atomic E-state index is -0.0525. The van der Waals surface area contributed by atoms with E-state index < -0.39 is 0 Å². The number of hydrogen-bond acceptors (Lipinski definition) is 4. The average molecular weight is 281 g/mol. The Morgan fingerprint density at radius 2 is 1.95 bits per heavy atom. The van der Waals surface area contributed by atoms with Crippen LogP contribution in [0, 0.1) is 11.3 Å². The molecule has 0 unspecified atom stereocenters. The van der Waals surface area contributed by atoms with E-state index in [2.05, 4.69) is 6.07 Å². The Hall–Kier alpha value is -2.80. The van der Waals surface area contributed by atoms with Crippen molar-refractivity contribution in [3.05, 3.63) is 59.2 Å². The molecule has 21 heavy (non-hydrogen) atoms. The molecule has 0 saturated heterocycles. The Kier molecular flexibility index (Phi) is 4.57. The number of para-hydroxylation sites is 1. The fraction of sp³-hybridized carbons (Fsp3) is 0.176. The van der Waals surface area contributed by atoms with Crippen LogP contribution >= 0.6 is 0 Å². The second kappa shape index (κ2) is 6.58. The molecule has 4 nitrogen and oxygen atoms in total. The third-order valence-corrected chi connectivity index (χ3v) is 3.06. The normalized spacial score (nSPS) is 9.76. The van der Waals surface area contributed by atoms with E-state index in [-0.39, 0.29) is 12.4 Å². The van der Waals surface area contributed by atoms with Crippen LogP contribution in [-0.4, -0.2) is 12.9 Å². The van der Waals surface area contributed by atoms with Gasteiger partial charge in [0.15, 0.2) is 5.78 Å². The van der Waals surface area contributed by atoms with Crippen LogP contribution in [0.3, 0.4) is 0 Å². The number of methoxy groups -OCH3 is 1. The minimum Gasteiger partial charge on any atom is -0.496 e. The third-order valence-electron chi connectivity index (χ3n) is 3.06. The number of benzene rings is 2. The molecule has 0 amide bonds. The highest BCUT2D eigenvalue weighted by atomic mass is 16.5. The molecule has 106 valence electrons. The Bertz CT molecular complexity index is 701. The van der Waals surface area contributed by atoms with E-state index in [0.29, 0.717) is 22.6 Å². The first kappa shape index (κ1) is 14.6. The van der Waals surface area contributed by atoms with Gasteiger partial charge in [0.2, 0.25) is 0 Å². The van der Waals surface area contributed by atoms with Crippen LogP contribution in [0.1, 0.15) is 28.4 Å². The van der Waals surface area contributed by atoms with Gasteiger partial charge in [-0.1, -0.05) is 12.1 Å². The monoisotopic (exact) mass is 281 g/mol. The van der Waals surface area contributed by atoms with Crippen LogP contribution in [0.4, 0.5) is 0 Å². The van der Waals surface area contributed by atoms with E-state index in [4.69, 9.17) is 14.7 Å². The second-order valence-electron chi connectivity index (χ2n) is 4.48. The summed E-state index contributed by atoms with van der Waals surface area (Å²) in [4.78, 5) is 11.6. The molecule has 0 N–H and O–H groups in total. The molecule has 2 aromatic carbocycles. The van der Waals surface area contributed by atoms with Crippen molar-refractivity contribution < 1.29 is 14.3 Å². The van der Waals surface area contributed by atoms with E-state index >= 15 is 0 Å². The number of Topliss-reactive ketones (excluding diaryl/α,β-unsaturated/α-hetero) is 1. The van der Waals surface area contributed by atoms with Crippen molar-refractivity contribution in [1.82, 2.24) is 0 Å². The molecule has 0 heterocycles. The molecule has 0 saturated carbocycles. The fourth-order valence-electron chi connectivity index (χ4n) is 2.00. The maximum Gasteiger partial charge on any atom is 0.163 e. The molecule has 0 aromatic heterocycles. The summed E-state index contributed by atoms with van der Waals surface area (Å²) in [7, 11) is 1.56. The van der Waals surface area contributed by atoms with Crippen molar-refractivity contribution in [3.63, 3.8) is 0 Å². The molecule has 2 aromatic rings. The number of carbonyl (C=O) groups excluding carboxylic acids is 1. The topological polar surface area (TPSA) is 59.3 Å². The summed E-state index contributed by atoms with van der Waals surface area (Å²) < 4.78 is 11.0. The molecule has 4 heteroatoms. The number of nitrogens with zero attached hydrogens (tertiary/aromatic N) is 1. The molecule has 0 fully saturated rings. The van der Waals surface area contributed by atoms with Crippen LogP contribution in [0.15, 0.2) is 42.5 Å². The summed E-state index contributed by atoms with van der Waals surface area (Å²) >= 11 is 0. The van der Waals surface area contributed by atoms with Crippen LogP contribution in [0.25, 0.3) is 0 Å². The van der Waals surface area contributed by atoms with E-state index in [1.165, 1.54) is 6.92 Å². The summed E-state index contributed by atoms with van der Waals surface area (Å²) in [6, 6.07) is 14.3. The maximum absolute atomic E-state index is 11.6. The van der Waals surface area contributed by atoms with Crippen molar-refractivity contribution in [2.45, 2.75) is 13.5 Å². The van der Waals surface area contributed by atoms with Gasteiger partial charge in [-0.25, -0.2) is 0 Å². The Morgan fingerprint density at radius 1 is 1.19 bits per heavy atom. The highest BCUT2D eigenvalue weighted by Gasteiger charge is 2.10. The molecular formula is C17H15NO3. The number of hydrogen-bond donors (Lipinski definition) is 0. The van der Waals surface area contributed by atoms with Crippen molar-refractivity contribution in [2.75, 3.05) is 7.11 Å². The van der Waals surface area contributed by atoms with E-state index in [0.717, 1.165) is 5.56 Å². The Labute approximate surface area is 123 Å². The van der Waals surface area contributed by atoms with Gasteiger partial charge in [0.1, 0.15) is 18.1 Å². The lowest BCUT2D eigenvalue weighted by Crippen LogP contribution is -2.03. The highest BCUT2D eigenvalue weighted by Crippen LogP contribution is 2.24. The SMILES string of the molecule is COc1ccc(C#N)cc1COc1ccccc1C(C)=O. The summed E-state index contributed by atoms with van der Waals surface area (Å²) in [6.07, 6.45) is 0. The van der Waals surface area contributed by atoms with Gasteiger partial charge in [0.05, 0.1) is 24.3 Å². The van der Waals surface area contributed by atoms with Crippen molar-refractivity contribution in [3.8, 4) is 17.6 Å². The maximum atomic E-state index is 11.6. The van der Waals surface area contributed by atoms with Crippen LogP contribution < -0.4 is 9.47 Å².